The number of benzene rings is 1. The molecule has 0 saturated heterocycles. The summed E-state index contributed by atoms with van der Waals surface area (Å²) in [6.07, 6.45) is -3.19. The SMILES string of the molecule is O=C(Oc1ccccc1OC(=O)C(F)(F)C(F)(F)F)C1CCCC1. The molecule has 0 spiro atoms. The molecule has 0 radical (unpaired) electrons. The third-order valence-electron chi connectivity index (χ3n) is 3.56. The second-order valence-corrected chi connectivity index (χ2v) is 5.31. The zero-order valence-corrected chi connectivity index (χ0v) is 12.2. The fraction of sp³-hybridized carbons (Fsp3) is 0.467. The Bertz CT molecular complexity index is 621. The van der Waals surface area contributed by atoms with Crippen LogP contribution < -0.4 is 9.47 Å². The molecule has 0 atom stereocenters. The van der Waals surface area contributed by atoms with Crippen molar-refractivity contribution < 1.29 is 41.0 Å². The highest BCUT2D eigenvalue weighted by Crippen LogP contribution is 2.38. The van der Waals surface area contributed by atoms with Gasteiger partial charge < -0.3 is 9.47 Å². The Morgan fingerprint density at radius 2 is 1.42 bits per heavy atom. The molecule has 9 heteroatoms. The lowest BCUT2D eigenvalue weighted by Crippen LogP contribution is -2.46. The van der Waals surface area contributed by atoms with Gasteiger partial charge in [0.15, 0.2) is 11.5 Å². The molecular weight excluding hydrogens is 339 g/mol. The maximum Gasteiger partial charge on any atom is 0.465 e. The van der Waals surface area contributed by atoms with Crippen LogP contribution in [0.3, 0.4) is 0 Å². The van der Waals surface area contributed by atoms with Gasteiger partial charge in [-0.15, -0.1) is 0 Å². The zero-order chi connectivity index (χ0) is 18.0. The minimum Gasteiger partial charge on any atom is -0.422 e. The molecule has 1 aromatic rings. The van der Waals surface area contributed by atoms with Crippen LogP contribution in [0.2, 0.25) is 0 Å². The Balaban J connectivity index is 2.14. The van der Waals surface area contributed by atoms with Crippen molar-refractivity contribution >= 4 is 11.9 Å². The number of para-hydroxylation sites is 2. The molecule has 0 N–H and O–H groups in total. The van der Waals surface area contributed by atoms with Crippen molar-refractivity contribution in [3.8, 4) is 11.5 Å². The number of carbonyl (C=O) groups excluding carboxylic acids is 2. The van der Waals surface area contributed by atoms with Gasteiger partial charge in [0, 0.05) is 0 Å². The van der Waals surface area contributed by atoms with Crippen molar-refractivity contribution in [1.29, 1.82) is 0 Å². The van der Waals surface area contributed by atoms with E-state index >= 15 is 0 Å². The molecule has 1 aliphatic rings. The van der Waals surface area contributed by atoms with Gasteiger partial charge in [0.2, 0.25) is 0 Å². The third kappa shape index (κ3) is 3.82. The number of rotatable bonds is 4. The van der Waals surface area contributed by atoms with Gasteiger partial charge >= 0.3 is 24.0 Å². The van der Waals surface area contributed by atoms with Crippen LogP contribution in [0.4, 0.5) is 22.0 Å². The Morgan fingerprint density at radius 1 is 0.917 bits per heavy atom. The molecule has 1 aromatic carbocycles. The van der Waals surface area contributed by atoms with Crippen LogP contribution in [-0.2, 0) is 9.59 Å². The Labute approximate surface area is 133 Å². The first kappa shape index (κ1) is 18.2. The van der Waals surface area contributed by atoms with Crippen molar-refractivity contribution in [2.45, 2.75) is 37.8 Å². The van der Waals surface area contributed by atoms with Crippen LogP contribution in [0, 0.1) is 5.92 Å². The van der Waals surface area contributed by atoms with E-state index in [-0.39, 0.29) is 11.7 Å². The summed E-state index contributed by atoms with van der Waals surface area (Å²) in [6, 6.07) is 4.70. The van der Waals surface area contributed by atoms with Crippen molar-refractivity contribution in [2.75, 3.05) is 0 Å². The van der Waals surface area contributed by atoms with E-state index in [1.54, 1.807) is 0 Å². The Morgan fingerprint density at radius 3 is 1.92 bits per heavy atom. The maximum atomic E-state index is 12.9. The summed E-state index contributed by atoms with van der Waals surface area (Å²) in [7, 11) is 0. The van der Waals surface area contributed by atoms with Crippen molar-refractivity contribution in [3.05, 3.63) is 24.3 Å². The highest BCUT2D eigenvalue weighted by molar-refractivity contribution is 5.82. The van der Waals surface area contributed by atoms with Crippen molar-refractivity contribution in [3.63, 3.8) is 0 Å². The molecule has 4 nitrogen and oxygen atoms in total. The molecule has 2 rings (SSSR count). The number of esters is 2. The predicted molar refractivity (Wildman–Crippen MR) is 70.7 cm³/mol. The second kappa shape index (κ2) is 6.74. The molecule has 132 valence electrons. The molecule has 1 fully saturated rings. The molecule has 0 amide bonds. The van der Waals surface area contributed by atoms with Crippen LogP contribution in [0.15, 0.2) is 24.3 Å². The normalized spacial score (nSPS) is 16.0. The van der Waals surface area contributed by atoms with Crippen LogP contribution in [0.25, 0.3) is 0 Å². The summed E-state index contributed by atoms with van der Waals surface area (Å²) >= 11 is 0. The smallest absolute Gasteiger partial charge is 0.422 e. The van der Waals surface area contributed by atoms with Gasteiger partial charge in [0.05, 0.1) is 5.92 Å². The average Bonchev–Trinajstić information content (AvgIpc) is 3.02. The van der Waals surface area contributed by atoms with Gasteiger partial charge in [-0.05, 0) is 25.0 Å². The van der Waals surface area contributed by atoms with Gasteiger partial charge in [-0.3, -0.25) is 4.79 Å². The van der Waals surface area contributed by atoms with Crippen molar-refractivity contribution in [2.24, 2.45) is 5.92 Å². The first-order chi connectivity index (χ1) is 11.1. The molecule has 0 aromatic heterocycles. The molecule has 1 saturated carbocycles. The van der Waals surface area contributed by atoms with Gasteiger partial charge in [-0.2, -0.15) is 22.0 Å². The lowest BCUT2D eigenvalue weighted by Gasteiger charge is -2.18. The summed E-state index contributed by atoms with van der Waals surface area (Å²) in [6.45, 7) is 0. The Kier molecular flexibility index (Phi) is 5.10. The van der Waals surface area contributed by atoms with Crippen LogP contribution in [0.5, 0.6) is 11.5 Å². The van der Waals surface area contributed by atoms with E-state index in [1.807, 2.05) is 0 Å². The summed E-state index contributed by atoms with van der Waals surface area (Å²) in [5.74, 6) is -10.5. The highest BCUT2D eigenvalue weighted by Gasteiger charge is 2.65. The fourth-order valence-electron chi connectivity index (χ4n) is 2.25. The van der Waals surface area contributed by atoms with Gasteiger partial charge in [0.1, 0.15) is 0 Å². The van der Waals surface area contributed by atoms with Gasteiger partial charge in [-0.25, -0.2) is 4.79 Å². The first-order valence-electron chi connectivity index (χ1n) is 7.10. The molecule has 0 unspecified atom stereocenters. The van der Waals surface area contributed by atoms with E-state index in [9.17, 15) is 31.5 Å². The number of ether oxygens (including phenoxy) is 2. The average molecular weight is 352 g/mol. The molecule has 0 aliphatic heterocycles. The van der Waals surface area contributed by atoms with E-state index in [4.69, 9.17) is 4.74 Å². The zero-order valence-electron chi connectivity index (χ0n) is 12.2. The molecule has 1 aliphatic carbocycles. The van der Waals surface area contributed by atoms with Gasteiger partial charge in [0.25, 0.3) is 0 Å². The Hall–Kier alpha value is -2.19. The third-order valence-corrected chi connectivity index (χ3v) is 3.56. The number of carbonyl (C=O) groups is 2. The standard InChI is InChI=1S/C15H13F5O4/c16-14(17,15(18,19)20)13(22)24-11-8-4-3-7-10(11)23-12(21)9-5-1-2-6-9/h3-4,7-9H,1-2,5-6H2. The first-order valence-corrected chi connectivity index (χ1v) is 7.10. The largest absolute Gasteiger partial charge is 0.465 e. The number of halogens is 5. The van der Waals surface area contributed by atoms with E-state index in [0.29, 0.717) is 12.8 Å². The van der Waals surface area contributed by atoms with Crippen LogP contribution in [-0.4, -0.2) is 24.0 Å². The van der Waals surface area contributed by atoms with Crippen LogP contribution >= 0.6 is 0 Å². The van der Waals surface area contributed by atoms with Crippen molar-refractivity contribution in [1.82, 2.24) is 0 Å². The van der Waals surface area contributed by atoms with E-state index in [1.165, 1.54) is 12.1 Å². The maximum absolute atomic E-state index is 12.9. The van der Waals surface area contributed by atoms with E-state index in [0.717, 1.165) is 25.0 Å². The lowest BCUT2D eigenvalue weighted by atomic mass is 10.1. The summed E-state index contributed by atoms with van der Waals surface area (Å²) in [5, 5.41) is 0. The second-order valence-electron chi connectivity index (χ2n) is 5.31. The monoisotopic (exact) mass is 352 g/mol. The highest BCUT2D eigenvalue weighted by atomic mass is 19.4. The van der Waals surface area contributed by atoms with E-state index in [2.05, 4.69) is 4.74 Å². The summed E-state index contributed by atoms with van der Waals surface area (Å²) in [4.78, 5) is 23.1. The summed E-state index contributed by atoms with van der Waals surface area (Å²) in [5.41, 5.74) is 0. The predicted octanol–water partition coefficient (Wildman–Crippen LogP) is 3.89. The quantitative estimate of drug-likeness (QED) is 0.469. The molecule has 24 heavy (non-hydrogen) atoms. The number of alkyl halides is 5. The molecule has 0 bridgehead atoms. The number of hydrogen-bond donors (Lipinski definition) is 0. The lowest BCUT2D eigenvalue weighted by molar-refractivity contribution is -0.276. The fourth-order valence-corrected chi connectivity index (χ4v) is 2.25. The minimum absolute atomic E-state index is 0.370. The molecule has 0 heterocycles. The van der Waals surface area contributed by atoms with Gasteiger partial charge in [-0.1, -0.05) is 25.0 Å². The van der Waals surface area contributed by atoms with E-state index < -0.39 is 29.8 Å². The summed E-state index contributed by atoms with van der Waals surface area (Å²) < 4.78 is 71.5. The topological polar surface area (TPSA) is 52.6 Å². The molecular formula is C15H13F5O4. The number of hydrogen-bond acceptors (Lipinski definition) is 4. The minimum atomic E-state index is -6.08. The van der Waals surface area contributed by atoms with Crippen LogP contribution in [0.1, 0.15) is 25.7 Å².